The Morgan fingerprint density at radius 1 is 1.38 bits per heavy atom. The van der Waals surface area contributed by atoms with Crippen molar-refractivity contribution in [1.82, 2.24) is 0 Å². The molecule has 1 atom stereocenters. The molecule has 0 aliphatic carbocycles. The third-order valence-corrected chi connectivity index (χ3v) is 2.58. The van der Waals surface area contributed by atoms with Gasteiger partial charge in [0.25, 0.3) is 0 Å². The molecular formula is C11H10Cl2. The normalized spacial score (nSPS) is 12.2. The second kappa shape index (κ2) is 4.56. The average molecular weight is 213 g/mol. The summed E-state index contributed by atoms with van der Waals surface area (Å²) < 4.78 is 0. The molecule has 0 spiro atoms. The molecule has 1 unspecified atom stereocenters. The van der Waals surface area contributed by atoms with Crippen LogP contribution in [0.15, 0.2) is 18.2 Å². The van der Waals surface area contributed by atoms with Crippen LogP contribution in [0.4, 0.5) is 0 Å². The van der Waals surface area contributed by atoms with E-state index >= 15 is 0 Å². The van der Waals surface area contributed by atoms with Crippen molar-refractivity contribution in [3.05, 3.63) is 33.8 Å². The molecule has 0 amide bonds. The smallest absolute Gasteiger partial charge is 0.0455 e. The van der Waals surface area contributed by atoms with Crippen molar-refractivity contribution >= 4 is 23.2 Å². The van der Waals surface area contributed by atoms with Crippen molar-refractivity contribution < 1.29 is 0 Å². The number of hydrogen-bond donors (Lipinski definition) is 0. The van der Waals surface area contributed by atoms with Gasteiger partial charge in [-0.1, -0.05) is 36.2 Å². The Kier molecular flexibility index (Phi) is 3.66. The molecule has 0 aromatic heterocycles. The first-order chi connectivity index (χ1) is 6.16. The molecular weight excluding hydrogens is 203 g/mol. The predicted octanol–water partition coefficient (Wildman–Crippen LogP) is 4.12. The van der Waals surface area contributed by atoms with E-state index < -0.39 is 0 Å². The Balaban J connectivity index is 3.06. The first kappa shape index (κ1) is 10.4. The lowest BCUT2D eigenvalue weighted by molar-refractivity contribution is 0.797. The lowest BCUT2D eigenvalue weighted by Gasteiger charge is -2.12. The van der Waals surface area contributed by atoms with Crippen LogP contribution in [0.1, 0.15) is 24.8 Å². The summed E-state index contributed by atoms with van der Waals surface area (Å²) in [7, 11) is 0. The van der Waals surface area contributed by atoms with Gasteiger partial charge in [0.1, 0.15) is 0 Å². The molecule has 68 valence electrons. The highest BCUT2D eigenvalue weighted by Gasteiger charge is 2.11. The molecule has 0 radical (unpaired) electrons. The molecule has 0 nitrogen and oxygen atoms in total. The SMILES string of the molecule is C#CCC(C)c1c(Cl)cccc1Cl. The van der Waals surface area contributed by atoms with Gasteiger partial charge in [0.2, 0.25) is 0 Å². The van der Waals surface area contributed by atoms with Crippen molar-refractivity contribution in [1.29, 1.82) is 0 Å². The number of hydrogen-bond acceptors (Lipinski definition) is 0. The Morgan fingerprint density at radius 2 is 1.92 bits per heavy atom. The van der Waals surface area contributed by atoms with E-state index in [1.54, 1.807) is 0 Å². The van der Waals surface area contributed by atoms with Crippen LogP contribution < -0.4 is 0 Å². The molecule has 1 aromatic rings. The average Bonchev–Trinajstić information content (AvgIpc) is 2.04. The molecule has 13 heavy (non-hydrogen) atoms. The van der Waals surface area contributed by atoms with Gasteiger partial charge in [-0.3, -0.25) is 0 Å². The molecule has 1 aromatic carbocycles. The fourth-order valence-electron chi connectivity index (χ4n) is 1.26. The number of benzene rings is 1. The van der Waals surface area contributed by atoms with E-state index in [0.717, 1.165) is 5.56 Å². The minimum atomic E-state index is 0.214. The lowest BCUT2D eigenvalue weighted by atomic mass is 9.98. The summed E-state index contributed by atoms with van der Waals surface area (Å²) in [5.41, 5.74) is 0.948. The first-order valence-corrected chi connectivity index (χ1v) is 4.79. The summed E-state index contributed by atoms with van der Waals surface area (Å²) in [4.78, 5) is 0. The van der Waals surface area contributed by atoms with Crippen LogP contribution in [0, 0.1) is 12.3 Å². The fraction of sp³-hybridized carbons (Fsp3) is 0.273. The predicted molar refractivity (Wildman–Crippen MR) is 58.3 cm³/mol. The maximum absolute atomic E-state index is 6.01. The second-order valence-electron chi connectivity index (χ2n) is 2.94. The van der Waals surface area contributed by atoms with E-state index in [1.165, 1.54) is 0 Å². The third-order valence-electron chi connectivity index (χ3n) is 1.92. The quantitative estimate of drug-likeness (QED) is 0.648. The fourth-order valence-corrected chi connectivity index (χ4v) is 2.03. The highest BCUT2D eigenvalue weighted by atomic mass is 35.5. The standard InChI is InChI=1S/C11H10Cl2/c1-3-5-8(2)11-9(12)6-4-7-10(11)13/h1,4,6-8H,5H2,2H3. The molecule has 0 saturated heterocycles. The van der Waals surface area contributed by atoms with Gasteiger partial charge in [0.15, 0.2) is 0 Å². The van der Waals surface area contributed by atoms with Crippen LogP contribution in [-0.4, -0.2) is 0 Å². The third kappa shape index (κ3) is 2.40. The van der Waals surface area contributed by atoms with E-state index in [4.69, 9.17) is 29.6 Å². The molecule has 0 N–H and O–H groups in total. The van der Waals surface area contributed by atoms with E-state index in [1.807, 2.05) is 25.1 Å². The Bertz CT molecular complexity index is 316. The summed E-state index contributed by atoms with van der Waals surface area (Å²) >= 11 is 12.0. The summed E-state index contributed by atoms with van der Waals surface area (Å²) in [6, 6.07) is 5.49. The summed E-state index contributed by atoms with van der Waals surface area (Å²) in [5, 5.41) is 1.38. The van der Waals surface area contributed by atoms with Crippen molar-refractivity contribution in [3.8, 4) is 12.3 Å². The van der Waals surface area contributed by atoms with Crippen molar-refractivity contribution in [2.24, 2.45) is 0 Å². The zero-order valence-electron chi connectivity index (χ0n) is 7.35. The number of rotatable bonds is 2. The number of terminal acetylenes is 1. The molecule has 0 heterocycles. The largest absolute Gasteiger partial charge is 0.120 e. The van der Waals surface area contributed by atoms with Crippen LogP contribution >= 0.6 is 23.2 Å². The van der Waals surface area contributed by atoms with Crippen molar-refractivity contribution in [3.63, 3.8) is 0 Å². The molecule has 0 fully saturated rings. The van der Waals surface area contributed by atoms with E-state index in [2.05, 4.69) is 5.92 Å². The zero-order valence-corrected chi connectivity index (χ0v) is 8.86. The molecule has 0 aliphatic rings. The minimum Gasteiger partial charge on any atom is -0.120 e. The van der Waals surface area contributed by atoms with Gasteiger partial charge in [-0.05, 0) is 23.6 Å². The Hall–Kier alpha value is -0.640. The summed E-state index contributed by atoms with van der Waals surface area (Å²) in [5.74, 6) is 2.82. The van der Waals surface area contributed by atoms with Crippen molar-refractivity contribution in [2.75, 3.05) is 0 Å². The molecule has 1 rings (SSSR count). The maximum atomic E-state index is 6.01. The summed E-state index contributed by atoms with van der Waals surface area (Å²) in [6.45, 7) is 2.02. The lowest BCUT2D eigenvalue weighted by Crippen LogP contribution is -1.94. The van der Waals surface area contributed by atoms with Crippen molar-refractivity contribution in [2.45, 2.75) is 19.3 Å². The van der Waals surface area contributed by atoms with Gasteiger partial charge in [0.05, 0.1) is 0 Å². The second-order valence-corrected chi connectivity index (χ2v) is 3.76. The van der Waals surface area contributed by atoms with E-state index in [-0.39, 0.29) is 5.92 Å². The van der Waals surface area contributed by atoms with Gasteiger partial charge >= 0.3 is 0 Å². The maximum Gasteiger partial charge on any atom is 0.0455 e. The monoisotopic (exact) mass is 212 g/mol. The van der Waals surface area contributed by atoms with E-state index in [9.17, 15) is 0 Å². The van der Waals surface area contributed by atoms with Crippen LogP contribution in [0.25, 0.3) is 0 Å². The van der Waals surface area contributed by atoms with Crippen LogP contribution in [0.5, 0.6) is 0 Å². The Labute approximate surface area is 88.9 Å². The highest BCUT2D eigenvalue weighted by Crippen LogP contribution is 2.32. The van der Waals surface area contributed by atoms with Crippen LogP contribution in [0.2, 0.25) is 10.0 Å². The summed E-state index contributed by atoms with van der Waals surface area (Å²) in [6.07, 6.45) is 5.89. The van der Waals surface area contributed by atoms with Gasteiger partial charge in [-0.25, -0.2) is 0 Å². The minimum absolute atomic E-state index is 0.214. The molecule has 2 heteroatoms. The molecule has 0 saturated carbocycles. The van der Waals surface area contributed by atoms with Gasteiger partial charge in [-0.2, -0.15) is 0 Å². The Morgan fingerprint density at radius 3 is 2.38 bits per heavy atom. The number of halogens is 2. The molecule has 0 aliphatic heterocycles. The van der Waals surface area contributed by atoms with E-state index in [0.29, 0.717) is 16.5 Å². The highest BCUT2D eigenvalue weighted by molar-refractivity contribution is 6.36. The first-order valence-electron chi connectivity index (χ1n) is 4.04. The van der Waals surface area contributed by atoms with Gasteiger partial charge in [0, 0.05) is 16.5 Å². The zero-order chi connectivity index (χ0) is 9.84. The topological polar surface area (TPSA) is 0 Å². The van der Waals surface area contributed by atoms with Crippen LogP contribution in [0.3, 0.4) is 0 Å². The molecule has 0 bridgehead atoms. The van der Waals surface area contributed by atoms with Crippen LogP contribution in [-0.2, 0) is 0 Å². The van der Waals surface area contributed by atoms with Gasteiger partial charge < -0.3 is 0 Å². The van der Waals surface area contributed by atoms with Gasteiger partial charge in [-0.15, -0.1) is 12.3 Å².